The van der Waals surface area contributed by atoms with Crippen molar-refractivity contribution < 1.29 is 9.53 Å². The Balaban J connectivity index is 0.00000225. The van der Waals surface area contributed by atoms with Gasteiger partial charge in [-0.1, -0.05) is 12.8 Å². The molecule has 1 saturated carbocycles. The first kappa shape index (κ1) is 15.7. The number of carbonyl (C=O) groups is 1. The summed E-state index contributed by atoms with van der Waals surface area (Å²) in [5.41, 5.74) is 5.38. The molecule has 0 heterocycles. The fraction of sp³-hybridized carbons (Fsp3) is 0.909. The lowest BCUT2D eigenvalue weighted by Gasteiger charge is -2.22. The molecule has 0 aromatic heterocycles. The van der Waals surface area contributed by atoms with Crippen LogP contribution in [0, 0.1) is 0 Å². The molecule has 0 radical (unpaired) electrons. The van der Waals surface area contributed by atoms with E-state index in [9.17, 15) is 4.79 Å². The van der Waals surface area contributed by atoms with Crippen LogP contribution in [-0.4, -0.2) is 30.7 Å². The number of nitrogens with two attached hydrogens (primary N) is 1. The van der Waals surface area contributed by atoms with E-state index >= 15 is 0 Å². The molecule has 96 valence electrons. The second-order valence-corrected chi connectivity index (χ2v) is 4.54. The highest BCUT2D eigenvalue weighted by Crippen LogP contribution is 2.26. The third kappa shape index (κ3) is 4.68. The normalized spacial score (nSPS) is 18.2. The lowest BCUT2D eigenvalue weighted by atomic mass is 9.98. The van der Waals surface area contributed by atoms with E-state index < -0.39 is 5.54 Å². The van der Waals surface area contributed by atoms with Gasteiger partial charge < -0.3 is 15.8 Å². The summed E-state index contributed by atoms with van der Waals surface area (Å²) >= 11 is 0. The highest BCUT2D eigenvalue weighted by Gasteiger charge is 2.36. The van der Waals surface area contributed by atoms with E-state index in [1.54, 1.807) is 0 Å². The Morgan fingerprint density at radius 3 is 2.50 bits per heavy atom. The van der Waals surface area contributed by atoms with Gasteiger partial charge in [-0.15, -0.1) is 12.4 Å². The van der Waals surface area contributed by atoms with Crippen LogP contribution in [0.4, 0.5) is 0 Å². The molecule has 3 N–H and O–H groups in total. The number of hydrogen-bond donors (Lipinski definition) is 2. The minimum atomic E-state index is -0.613. The number of halogens is 1. The molecule has 16 heavy (non-hydrogen) atoms. The van der Waals surface area contributed by atoms with E-state index in [4.69, 9.17) is 10.5 Å². The Morgan fingerprint density at radius 2 is 2.00 bits per heavy atom. The molecule has 0 aliphatic heterocycles. The van der Waals surface area contributed by atoms with Crippen LogP contribution in [0.1, 0.15) is 39.5 Å². The molecule has 0 spiro atoms. The molecule has 5 heteroatoms. The summed E-state index contributed by atoms with van der Waals surface area (Å²) in [6, 6.07) is 0. The summed E-state index contributed by atoms with van der Waals surface area (Å²) in [6.07, 6.45) is 3.95. The molecule has 1 amide bonds. The summed E-state index contributed by atoms with van der Waals surface area (Å²) in [5, 5.41) is 2.83. The van der Waals surface area contributed by atoms with Crippen molar-refractivity contribution in [1.29, 1.82) is 0 Å². The minimum absolute atomic E-state index is 0. The first-order valence-corrected chi connectivity index (χ1v) is 5.73. The Hall–Kier alpha value is -0.320. The molecule has 1 aliphatic rings. The molecule has 1 fully saturated rings. The predicted octanol–water partition coefficient (Wildman–Crippen LogP) is 1.22. The van der Waals surface area contributed by atoms with E-state index in [2.05, 4.69) is 5.32 Å². The van der Waals surface area contributed by atoms with E-state index in [0.717, 1.165) is 25.7 Å². The Morgan fingerprint density at radius 1 is 1.44 bits per heavy atom. The van der Waals surface area contributed by atoms with Crippen LogP contribution in [0.5, 0.6) is 0 Å². The number of amides is 1. The fourth-order valence-electron chi connectivity index (χ4n) is 1.87. The fourth-order valence-corrected chi connectivity index (χ4v) is 1.87. The minimum Gasteiger partial charge on any atom is -0.377 e. The quantitative estimate of drug-likeness (QED) is 0.722. The molecular weight excluding hydrogens is 228 g/mol. The molecule has 0 unspecified atom stereocenters. The van der Waals surface area contributed by atoms with Crippen molar-refractivity contribution >= 4 is 18.3 Å². The lowest BCUT2D eigenvalue weighted by molar-refractivity contribution is -0.126. The van der Waals surface area contributed by atoms with Crippen LogP contribution in [0.25, 0.3) is 0 Å². The van der Waals surface area contributed by atoms with Crippen molar-refractivity contribution in [3.05, 3.63) is 0 Å². The van der Waals surface area contributed by atoms with Crippen LogP contribution < -0.4 is 11.1 Å². The van der Waals surface area contributed by atoms with E-state index in [-0.39, 0.29) is 24.4 Å². The maximum atomic E-state index is 11.7. The van der Waals surface area contributed by atoms with Gasteiger partial charge in [0.25, 0.3) is 0 Å². The molecule has 0 bridgehead atoms. The predicted molar refractivity (Wildman–Crippen MR) is 66.7 cm³/mol. The highest BCUT2D eigenvalue weighted by molar-refractivity contribution is 5.86. The number of hydrogen-bond acceptors (Lipinski definition) is 3. The zero-order valence-electron chi connectivity index (χ0n) is 10.1. The Kier molecular flexibility index (Phi) is 6.95. The highest BCUT2D eigenvalue weighted by atomic mass is 35.5. The second kappa shape index (κ2) is 7.09. The molecule has 1 rings (SSSR count). The van der Waals surface area contributed by atoms with Gasteiger partial charge >= 0.3 is 0 Å². The zero-order chi connectivity index (χ0) is 11.3. The largest absolute Gasteiger partial charge is 0.377 e. The molecule has 0 atom stereocenters. The van der Waals surface area contributed by atoms with Crippen LogP contribution in [0.2, 0.25) is 0 Å². The van der Waals surface area contributed by atoms with Gasteiger partial charge in [0.05, 0.1) is 18.2 Å². The summed E-state index contributed by atoms with van der Waals surface area (Å²) in [4.78, 5) is 11.7. The zero-order valence-corrected chi connectivity index (χ0v) is 10.9. The summed E-state index contributed by atoms with van der Waals surface area (Å²) in [7, 11) is 0. The molecule has 0 aromatic rings. The molecule has 0 saturated heterocycles. The van der Waals surface area contributed by atoms with E-state index in [1.807, 2.05) is 13.8 Å². The van der Waals surface area contributed by atoms with Crippen LogP contribution in [0.3, 0.4) is 0 Å². The second-order valence-electron chi connectivity index (χ2n) is 4.54. The lowest BCUT2D eigenvalue weighted by Crippen LogP contribution is -2.52. The van der Waals surface area contributed by atoms with Gasteiger partial charge in [-0.3, -0.25) is 4.79 Å². The first-order chi connectivity index (χ1) is 7.04. The number of rotatable bonds is 5. The average molecular weight is 251 g/mol. The third-order valence-electron chi connectivity index (χ3n) is 2.79. The monoisotopic (exact) mass is 250 g/mol. The first-order valence-electron chi connectivity index (χ1n) is 5.73. The van der Waals surface area contributed by atoms with Gasteiger partial charge in [0.15, 0.2) is 0 Å². The standard InChI is InChI=1S/C11H22N2O2.ClH/c1-9(2)15-8-7-13-10(14)11(12)5-3-4-6-11;/h9H,3-8,12H2,1-2H3,(H,13,14);1H. The van der Waals surface area contributed by atoms with E-state index in [0.29, 0.717) is 13.2 Å². The van der Waals surface area contributed by atoms with Crippen molar-refractivity contribution in [2.24, 2.45) is 5.73 Å². The topological polar surface area (TPSA) is 64.3 Å². The van der Waals surface area contributed by atoms with Gasteiger partial charge in [0.1, 0.15) is 0 Å². The maximum absolute atomic E-state index is 11.7. The van der Waals surface area contributed by atoms with Crippen molar-refractivity contribution in [2.45, 2.75) is 51.2 Å². The summed E-state index contributed by atoms with van der Waals surface area (Å²) in [5.74, 6) is -0.0210. The smallest absolute Gasteiger partial charge is 0.240 e. The van der Waals surface area contributed by atoms with Crippen LogP contribution >= 0.6 is 12.4 Å². The van der Waals surface area contributed by atoms with Crippen molar-refractivity contribution in [3.8, 4) is 0 Å². The number of ether oxygens (including phenoxy) is 1. The van der Waals surface area contributed by atoms with Crippen molar-refractivity contribution in [3.63, 3.8) is 0 Å². The Labute approximate surface area is 104 Å². The van der Waals surface area contributed by atoms with Crippen LogP contribution in [0.15, 0.2) is 0 Å². The summed E-state index contributed by atoms with van der Waals surface area (Å²) in [6.45, 7) is 5.06. The maximum Gasteiger partial charge on any atom is 0.240 e. The molecule has 1 aliphatic carbocycles. The van der Waals surface area contributed by atoms with Crippen LogP contribution in [-0.2, 0) is 9.53 Å². The number of carbonyl (C=O) groups excluding carboxylic acids is 1. The van der Waals surface area contributed by atoms with Crippen molar-refractivity contribution in [1.82, 2.24) is 5.32 Å². The van der Waals surface area contributed by atoms with Gasteiger partial charge in [-0.05, 0) is 26.7 Å². The third-order valence-corrected chi connectivity index (χ3v) is 2.79. The number of nitrogens with one attached hydrogen (secondary N) is 1. The molecule has 4 nitrogen and oxygen atoms in total. The van der Waals surface area contributed by atoms with E-state index in [1.165, 1.54) is 0 Å². The van der Waals surface area contributed by atoms with Gasteiger partial charge in [0.2, 0.25) is 5.91 Å². The molecular formula is C11H23ClN2O2. The van der Waals surface area contributed by atoms with Gasteiger partial charge in [-0.2, -0.15) is 0 Å². The molecule has 0 aromatic carbocycles. The SMILES string of the molecule is CC(C)OCCNC(=O)C1(N)CCCC1.Cl. The Bertz CT molecular complexity index is 216. The van der Waals surface area contributed by atoms with Crippen molar-refractivity contribution in [2.75, 3.05) is 13.2 Å². The summed E-state index contributed by atoms with van der Waals surface area (Å²) < 4.78 is 5.33. The average Bonchev–Trinajstić information content (AvgIpc) is 2.60. The van der Waals surface area contributed by atoms with Gasteiger partial charge in [-0.25, -0.2) is 0 Å². The van der Waals surface area contributed by atoms with Gasteiger partial charge in [0, 0.05) is 6.54 Å².